The van der Waals surface area contributed by atoms with Crippen molar-refractivity contribution in [2.75, 3.05) is 25.1 Å². The van der Waals surface area contributed by atoms with Gasteiger partial charge >= 0.3 is 0 Å². The molecule has 0 aliphatic heterocycles. The normalized spacial score (nSPS) is 11.1. The lowest BCUT2D eigenvalue weighted by Crippen LogP contribution is -2.35. The van der Waals surface area contributed by atoms with Gasteiger partial charge in [-0.1, -0.05) is 54.6 Å². The monoisotopic (exact) mass is 412 g/mol. The SMILES string of the molecule is CNc1ccc(OCC[P+](c2ccccc2)(c2ccccc2)c2ccccc2)cc1. The van der Waals surface area contributed by atoms with Crippen molar-refractivity contribution in [3.05, 3.63) is 115 Å². The molecular formula is C27H27NOP+. The standard InChI is InChI=1S/C27H27NOP/c1-28-23-17-19-24(20-18-23)29-21-22-30(25-11-5-2-6-12-25,26-13-7-3-8-14-26)27-15-9-4-10-16-27/h2-20,28H,21-22H2,1H3/q+1. The molecule has 0 aliphatic rings. The van der Waals surface area contributed by atoms with Crippen LogP contribution in [0.2, 0.25) is 0 Å². The number of ether oxygens (including phenoxy) is 1. The van der Waals surface area contributed by atoms with Crippen molar-refractivity contribution in [3.63, 3.8) is 0 Å². The number of hydrogen-bond acceptors (Lipinski definition) is 2. The zero-order valence-corrected chi connectivity index (χ0v) is 18.1. The minimum Gasteiger partial charge on any atom is -0.490 e. The Balaban J connectivity index is 1.72. The van der Waals surface area contributed by atoms with Crippen LogP contribution in [0.5, 0.6) is 5.75 Å². The van der Waals surface area contributed by atoms with Crippen LogP contribution in [0.1, 0.15) is 0 Å². The van der Waals surface area contributed by atoms with E-state index in [1.807, 2.05) is 31.3 Å². The molecule has 0 fully saturated rings. The molecule has 0 spiro atoms. The van der Waals surface area contributed by atoms with E-state index in [1.54, 1.807) is 0 Å². The maximum atomic E-state index is 6.23. The first-order valence-electron chi connectivity index (χ1n) is 10.3. The molecule has 0 saturated carbocycles. The van der Waals surface area contributed by atoms with Crippen LogP contribution in [0.25, 0.3) is 0 Å². The van der Waals surface area contributed by atoms with E-state index in [2.05, 4.69) is 96.3 Å². The van der Waals surface area contributed by atoms with Gasteiger partial charge in [-0.3, -0.25) is 0 Å². The van der Waals surface area contributed by atoms with Crippen LogP contribution in [0.3, 0.4) is 0 Å². The van der Waals surface area contributed by atoms with Gasteiger partial charge in [0.25, 0.3) is 0 Å². The van der Waals surface area contributed by atoms with Crippen molar-refractivity contribution in [1.29, 1.82) is 0 Å². The molecule has 0 radical (unpaired) electrons. The fourth-order valence-corrected chi connectivity index (χ4v) is 7.98. The summed E-state index contributed by atoms with van der Waals surface area (Å²) in [5, 5.41) is 7.31. The summed E-state index contributed by atoms with van der Waals surface area (Å²) in [5.74, 6) is 0.904. The van der Waals surface area contributed by atoms with E-state index in [1.165, 1.54) is 15.9 Å². The van der Waals surface area contributed by atoms with Crippen LogP contribution in [0.15, 0.2) is 115 Å². The maximum absolute atomic E-state index is 6.23. The van der Waals surface area contributed by atoms with E-state index in [0.29, 0.717) is 6.61 Å². The third-order valence-corrected chi connectivity index (χ3v) is 9.82. The molecule has 4 rings (SSSR count). The molecule has 0 aromatic heterocycles. The minimum atomic E-state index is -1.84. The summed E-state index contributed by atoms with van der Waals surface area (Å²) in [4.78, 5) is 0. The molecule has 0 unspecified atom stereocenters. The quantitative estimate of drug-likeness (QED) is 0.407. The van der Waals surface area contributed by atoms with Gasteiger partial charge in [-0.05, 0) is 60.7 Å². The van der Waals surface area contributed by atoms with Gasteiger partial charge in [-0.2, -0.15) is 0 Å². The first-order chi connectivity index (χ1) is 14.8. The topological polar surface area (TPSA) is 21.3 Å². The largest absolute Gasteiger partial charge is 0.490 e. The Morgan fingerprint density at radius 3 is 1.43 bits per heavy atom. The van der Waals surface area contributed by atoms with Gasteiger partial charge in [0.15, 0.2) is 0 Å². The van der Waals surface area contributed by atoms with Gasteiger partial charge in [-0.15, -0.1) is 0 Å². The minimum absolute atomic E-state index is 0.658. The summed E-state index contributed by atoms with van der Waals surface area (Å²) in [6.45, 7) is 0.658. The van der Waals surface area contributed by atoms with Crippen LogP contribution < -0.4 is 26.0 Å². The molecule has 3 heteroatoms. The third-order valence-electron chi connectivity index (χ3n) is 5.43. The highest BCUT2D eigenvalue weighted by Crippen LogP contribution is 2.54. The average Bonchev–Trinajstić information content (AvgIpc) is 2.84. The summed E-state index contributed by atoms with van der Waals surface area (Å²) in [6, 6.07) is 40.9. The van der Waals surface area contributed by atoms with E-state index in [-0.39, 0.29) is 0 Å². The van der Waals surface area contributed by atoms with Crippen molar-refractivity contribution >= 4 is 28.9 Å². The molecule has 0 saturated heterocycles. The Bertz CT molecular complexity index is 938. The Morgan fingerprint density at radius 2 is 1.03 bits per heavy atom. The summed E-state index contributed by atoms with van der Waals surface area (Å²) < 4.78 is 6.23. The zero-order chi connectivity index (χ0) is 20.7. The van der Waals surface area contributed by atoms with Crippen molar-refractivity contribution in [2.24, 2.45) is 0 Å². The summed E-state index contributed by atoms with van der Waals surface area (Å²) in [5.41, 5.74) is 1.09. The van der Waals surface area contributed by atoms with Crippen LogP contribution >= 0.6 is 7.26 Å². The Labute approximate surface area is 179 Å². The highest BCUT2D eigenvalue weighted by Gasteiger charge is 2.45. The first-order valence-corrected chi connectivity index (χ1v) is 12.3. The average molecular weight is 412 g/mol. The smallest absolute Gasteiger partial charge is 0.123 e. The van der Waals surface area contributed by atoms with Crippen LogP contribution in [0, 0.1) is 0 Å². The Hall–Kier alpha value is -3.09. The van der Waals surface area contributed by atoms with Gasteiger partial charge < -0.3 is 10.1 Å². The zero-order valence-electron chi connectivity index (χ0n) is 17.2. The van der Waals surface area contributed by atoms with Crippen molar-refractivity contribution in [2.45, 2.75) is 0 Å². The molecule has 0 amide bonds. The van der Waals surface area contributed by atoms with Gasteiger partial charge in [0, 0.05) is 12.7 Å². The summed E-state index contributed by atoms with van der Waals surface area (Å²) >= 11 is 0. The fourth-order valence-electron chi connectivity index (χ4n) is 3.90. The molecule has 0 bridgehead atoms. The molecular weight excluding hydrogens is 385 g/mol. The van der Waals surface area contributed by atoms with Crippen LogP contribution in [-0.4, -0.2) is 19.8 Å². The molecule has 0 atom stereocenters. The van der Waals surface area contributed by atoms with E-state index < -0.39 is 7.26 Å². The van der Waals surface area contributed by atoms with Gasteiger partial charge in [0.1, 0.15) is 41.7 Å². The third kappa shape index (κ3) is 4.25. The van der Waals surface area contributed by atoms with Crippen molar-refractivity contribution in [1.82, 2.24) is 0 Å². The number of anilines is 1. The highest BCUT2D eigenvalue weighted by atomic mass is 31.2. The maximum Gasteiger partial charge on any atom is 0.123 e. The Morgan fingerprint density at radius 1 is 0.600 bits per heavy atom. The molecule has 0 aliphatic carbocycles. The van der Waals surface area contributed by atoms with Crippen LogP contribution in [0.4, 0.5) is 5.69 Å². The summed E-state index contributed by atoms with van der Waals surface area (Å²) in [6.07, 6.45) is 0.943. The second kappa shape index (κ2) is 9.61. The molecule has 150 valence electrons. The predicted octanol–water partition coefficient (Wildman–Crippen LogP) is 5.10. The molecule has 4 aromatic carbocycles. The van der Waals surface area contributed by atoms with Crippen molar-refractivity contribution in [3.8, 4) is 5.75 Å². The van der Waals surface area contributed by atoms with Crippen LogP contribution in [-0.2, 0) is 0 Å². The van der Waals surface area contributed by atoms with Gasteiger partial charge in [0.2, 0.25) is 0 Å². The number of hydrogen-bond donors (Lipinski definition) is 1. The lowest BCUT2D eigenvalue weighted by atomic mass is 10.3. The van der Waals surface area contributed by atoms with E-state index in [4.69, 9.17) is 4.74 Å². The molecule has 30 heavy (non-hydrogen) atoms. The van der Waals surface area contributed by atoms with E-state index >= 15 is 0 Å². The number of benzene rings is 4. The Kier molecular flexibility index (Phi) is 6.47. The second-order valence-electron chi connectivity index (χ2n) is 7.16. The summed E-state index contributed by atoms with van der Waals surface area (Å²) in [7, 11) is 0.0820. The van der Waals surface area contributed by atoms with E-state index in [0.717, 1.165) is 17.6 Å². The fraction of sp³-hybridized carbons (Fsp3) is 0.111. The predicted molar refractivity (Wildman–Crippen MR) is 131 cm³/mol. The van der Waals surface area contributed by atoms with Gasteiger partial charge in [-0.25, -0.2) is 0 Å². The second-order valence-corrected chi connectivity index (χ2v) is 10.8. The molecule has 2 nitrogen and oxygen atoms in total. The molecule has 4 aromatic rings. The number of rotatable bonds is 8. The number of nitrogens with one attached hydrogen (secondary N) is 1. The first kappa shape index (κ1) is 20.2. The highest BCUT2D eigenvalue weighted by molar-refractivity contribution is 7.95. The van der Waals surface area contributed by atoms with E-state index in [9.17, 15) is 0 Å². The molecule has 0 heterocycles. The lowest BCUT2D eigenvalue weighted by Gasteiger charge is -2.27. The van der Waals surface area contributed by atoms with Gasteiger partial charge in [0.05, 0.1) is 0 Å². The molecule has 1 N–H and O–H groups in total. The lowest BCUT2D eigenvalue weighted by molar-refractivity contribution is 0.343. The van der Waals surface area contributed by atoms with Crippen molar-refractivity contribution < 1.29 is 4.74 Å².